The van der Waals surface area contributed by atoms with Crippen LogP contribution >= 0.6 is 0 Å². The number of piperidine rings is 1. The molecule has 31 heavy (non-hydrogen) atoms. The van der Waals surface area contributed by atoms with Gasteiger partial charge in [0.1, 0.15) is 11.9 Å². The van der Waals surface area contributed by atoms with Crippen molar-refractivity contribution in [1.82, 2.24) is 9.80 Å². The van der Waals surface area contributed by atoms with E-state index in [0.717, 1.165) is 76.3 Å². The second-order valence-electron chi connectivity index (χ2n) is 8.78. The zero-order valence-corrected chi connectivity index (χ0v) is 18.5. The van der Waals surface area contributed by atoms with Crippen molar-refractivity contribution in [2.45, 2.75) is 31.8 Å². The fraction of sp³-hybridized carbons (Fsp3) is 0.500. The number of carbonyl (C=O) groups is 1. The Kier molecular flexibility index (Phi) is 7.60. The summed E-state index contributed by atoms with van der Waals surface area (Å²) in [7, 11) is 1.72. The molecule has 2 aromatic carbocycles. The summed E-state index contributed by atoms with van der Waals surface area (Å²) in [5.41, 5.74) is 2.14. The van der Waals surface area contributed by atoms with Crippen LogP contribution in [0.5, 0.6) is 5.75 Å². The van der Waals surface area contributed by atoms with E-state index in [1.807, 2.05) is 29.2 Å². The number of ether oxygens (including phenoxy) is 2. The highest BCUT2D eigenvalue weighted by Crippen LogP contribution is 2.22. The molecule has 0 saturated carbocycles. The van der Waals surface area contributed by atoms with E-state index in [1.165, 1.54) is 5.56 Å². The van der Waals surface area contributed by atoms with Gasteiger partial charge in [-0.05, 0) is 55.5 Å². The molecule has 0 N–H and O–H groups in total. The molecule has 5 nitrogen and oxygen atoms in total. The molecule has 166 valence electrons. The van der Waals surface area contributed by atoms with Crippen molar-refractivity contribution < 1.29 is 14.3 Å². The minimum atomic E-state index is 0.108. The topological polar surface area (TPSA) is 42.0 Å². The first kappa shape index (κ1) is 21.8. The summed E-state index contributed by atoms with van der Waals surface area (Å²) in [5, 5.41) is 0. The van der Waals surface area contributed by atoms with Crippen LogP contribution in [-0.4, -0.2) is 68.3 Å². The lowest BCUT2D eigenvalue weighted by Gasteiger charge is -2.32. The lowest BCUT2D eigenvalue weighted by molar-refractivity contribution is 0.0775. The molecule has 2 aliphatic heterocycles. The summed E-state index contributed by atoms with van der Waals surface area (Å²) < 4.78 is 11.4. The first-order valence-corrected chi connectivity index (χ1v) is 11.5. The molecule has 0 bridgehead atoms. The number of nitrogens with zero attached hydrogens (tertiary/aromatic N) is 2. The van der Waals surface area contributed by atoms with E-state index >= 15 is 0 Å². The minimum absolute atomic E-state index is 0.108. The van der Waals surface area contributed by atoms with E-state index in [0.29, 0.717) is 5.92 Å². The van der Waals surface area contributed by atoms with Gasteiger partial charge < -0.3 is 19.3 Å². The van der Waals surface area contributed by atoms with Crippen LogP contribution in [0.25, 0.3) is 0 Å². The maximum atomic E-state index is 12.7. The summed E-state index contributed by atoms with van der Waals surface area (Å²) in [6.45, 7) is 5.58. The minimum Gasteiger partial charge on any atom is -0.490 e. The molecule has 0 aliphatic carbocycles. The highest BCUT2D eigenvalue weighted by molar-refractivity contribution is 5.94. The van der Waals surface area contributed by atoms with E-state index in [2.05, 4.69) is 35.2 Å². The van der Waals surface area contributed by atoms with Crippen LogP contribution in [0, 0.1) is 5.92 Å². The van der Waals surface area contributed by atoms with Gasteiger partial charge in [0.25, 0.3) is 5.91 Å². The molecule has 0 aromatic heterocycles. The van der Waals surface area contributed by atoms with Gasteiger partial charge in [-0.25, -0.2) is 0 Å². The molecule has 4 rings (SSSR count). The van der Waals surface area contributed by atoms with Crippen LogP contribution in [0.4, 0.5) is 0 Å². The summed E-state index contributed by atoms with van der Waals surface area (Å²) in [4.78, 5) is 17.2. The first-order valence-electron chi connectivity index (χ1n) is 11.5. The molecule has 2 fully saturated rings. The van der Waals surface area contributed by atoms with Crippen LogP contribution in [0.2, 0.25) is 0 Å². The Labute approximate surface area is 185 Å². The van der Waals surface area contributed by atoms with Crippen molar-refractivity contribution in [2.24, 2.45) is 5.92 Å². The molecule has 2 aromatic rings. The average molecular weight is 423 g/mol. The van der Waals surface area contributed by atoms with E-state index < -0.39 is 0 Å². The maximum absolute atomic E-state index is 12.7. The summed E-state index contributed by atoms with van der Waals surface area (Å²) in [5.74, 6) is 1.42. The Morgan fingerprint density at radius 2 is 1.71 bits per heavy atom. The Morgan fingerprint density at radius 3 is 2.42 bits per heavy atom. The average Bonchev–Trinajstić information content (AvgIpc) is 3.28. The fourth-order valence-electron chi connectivity index (χ4n) is 4.62. The lowest BCUT2D eigenvalue weighted by atomic mass is 10.1. The van der Waals surface area contributed by atoms with Gasteiger partial charge in [-0.3, -0.25) is 4.79 Å². The zero-order valence-electron chi connectivity index (χ0n) is 18.5. The smallest absolute Gasteiger partial charge is 0.253 e. The lowest BCUT2D eigenvalue weighted by Crippen LogP contribution is -2.39. The normalized spacial score (nSPS) is 20.2. The molecule has 1 atom stereocenters. The fourth-order valence-corrected chi connectivity index (χ4v) is 4.62. The Balaban J connectivity index is 1.20. The van der Waals surface area contributed by atoms with Gasteiger partial charge in [-0.1, -0.05) is 30.3 Å². The number of methoxy groups -OCH3 is 1. The van der Waals surface area contributed by atoms with Gasteiger partial charge in [0.15, 0.2) is 0 Å². The first-order chi connectivity index (χ1) is 15.2. The number of rotatable bonds is 8. The molecule has 1 unspecified atom stereocenters. The number of benzene rings is 2. The largest absolute Gasteiger partial charge is 0.490 e. The number of amides is 1. The van der Waals surface area contributed by atoms with Gasteiger partial charge in [0.2, 0.25) is 0 Å². The molecule has 0 spiro atoms. The standard InChI is InChI=1S/C26H34N2O3/c1-30-20-22-12-18-28(19-22)26(29)23-7-9-24(10-8-23)31-25-13-16-27(17-14-25)15-11-21-5-3-2-4-6-21/h2-10,22,25H,11-20H2,1H3. The predicted octanol–water partition coefficient (Wildman–Crippen LogP) is 3.88. The van der Waals surface area contributed by atoms with Gasteiger partial charge in [-0.15, -0.1) is 0 Å². The third-order valence-electron chi connectivity index (χ3n) is 6.47. The van der Waals surface area contributed by atoms with Crippen molar-refractivity contribution in [2.75, 3.05) is 46.4 Å². The molecular formula is C26H34N2O3. The second-order valence-corrected chi connectivity index (χ2v) is 8.78. The molecule has 5 heteroatoms. The predicted molar refractivity (Wildman–Crippen MR) is 123 cm³/mol. The molecular weight excluding hydrogens is 388 g/mol. The molecule has 2 saturated heterocycles. The Hall–Kier alpha value is -2.37. The maximum Gasteiger partial charge on any atom is 0.253 e. The molecule has 2 heterocycles. The van der Waals surface area contributed by atoms with Crippen molar-refractivity contribution in [3.8, 4) is 5.75 Å². The van der Waals surface area contributed by atoms with Gasteiger partial charge in [0, 0.05) is 51.3 Å². The van der Waals surface area contributed by atoms with Crippen molar-refractivity contribution >= 4 is 5.91 Å². The third-order valence-corrected chi connectivity index (χ3v) is 6.47. The number of hydrogen-bond acceptors (Lipinski definition) is 4. The summed E-state index contributed by atoms with van der Waals surface area (Å²) in [6, 6.07) is 18.4. The van der Waals surface area contributed by atoms with Crippen LogP contribution in [0.3, 0.4) is 0 Å². The number of carbonyl (C=O) groups excluding carboxylic acids is 1. The highest BCUT2D eigenvalue weighted by Gasteiger charge is 2.27. The van der Waals surface area contributed by atoms with E-state index in [4.69, 9.17) is 9.47 Å². The highest BCUT2D eigenvalue weighted by atomic mass is 16.5. The quantitative estimate of drug-likeness (QED) is 0.647. The van der Waals surface area contributed by atoms with E-state index in [1.54, 1.807) is 7.11 Å². The summed E-state index contributed by atoms with van der Waals surface area (Å²) in [6.07, 6.45) is 4.47. The third kappa shape index (κ3) is 6.08. The summed E-state index contributed by atoms with van der Waals surface area (Å²) >= 11 is 0. The van der Waals surface area contributed by atoms with E-state index in [9.17, 15) is 4.79 Å². The molecule has 0 radical (unpaired) electrons. The Bertz CT molecular complexity index is 816. The molecule has 2 aliphatic rings. The van der Waals surface area contributed by atoms with Crippen molar-refractivity contribution in [3.63, 3.8) is 0 Å². The van der Waals surface area contributed by atoms with Crippen LogP contribution < -0.4 is 4.74 Å². The van der Waals surface area contributed by atoms with Crippen LogP contribution in [0.15, 0.2) is 54.6 Å². The van der Waals surface area contributed by atoms with Crippen LogP contribution in [-0.2, 0) is 11.2 Å². The van der Waals surface area contributed by atoms with Gasteiger partial charge in [0.05, 0.1) is 6.61 Å². The van der Waals surface area contributed by atoms with E-state index in [-0.39, 0.29) is 12.0 Å². The second kappa shape index (κ2) is 10.8. The van der Waals surface area contributed by atoms with Crippen molar-refractivity contribution in [1.29, 1.82) is 0 Å². The number of hydrogen-bond donors (Lipinski definition) is 0. The Morgan fingerprint density at radius 1 is 0.968 bits per heavy atom. The monoisotopic (exact) mass is 422 g/mol. The molecule has 1 amide bonds. The van der Waals surface area contributed by atoms with Gasteiger partial charge in [-0.2, -0.15) is 0 Å². The SMILES string of the molecule is COCC1CCN(C(=O)c2ccc(OC3CCN(CCc4ccccc4)CC3)cc2)C1. The van der Waals surface area contributed by atoms with Crippen molar-refractivity contribution in [3.05, 3.63) is 65.7 Å². The number of likely N-dealkylation sites (tertiary alicyclic amines) is 2. The van der Waals surface area contributed by atoms with Crippen LogP contribution in [0.1, 0.15) is 35.2 Å². The zero-order chi connectivity index (χ0) is 21.5. The van der Waals surface area contributed by atoms with Gasteiger partial charge >= 0.3 is 0 Å².